The van der Waals surface area contributed by atoms with Gasteiger partial charge in [0, 0.05) is 37.2 Å². The molecule has 5 heteroatoms. The van der Waals surface area contributed by atoms with Crippen molar-refractivity contribution >= 4 is 0 Å². The van der Waals surface area contributed by atoms with Crippen LogP contribution < -0.4 is 4.74 Å². The number of hydrogen-bond donors (Lipinski definition) is 0. The van der Waals surface area contributed by atoms with E-state index in [0.29, 0.717) is 13.0 Å². The summed E-state index contributed by atoms with van der Waals surface area (Å²) in [7, 11) is 3.82. The first-order chi connectivity index (χ1) is 11.2. The summed E-state index contributed by atoms with van der Waals surface area (Å²) in [5, 5.41) is 13.7. The van der Waals surface area contributed by atoms with Crippen LogP contribution in [-0.4, -0.2) is 35.4 Å². The molecule has 2 heterocycles. The van der Waals surface area contributed by atoms with Crippen molar-refractivity contribution in [3.8, 4) is 11.8 Å². The van der Waals surface area contributed by atoms with Gasteiger partial charge in [-0.25, -0.2) is 0 Å². The Bertz CT molecular complexity index is 712. The second-order valence-corrected chi connectivity index (χ2v) is 6.02. The molecule has 0 fully saturated rings. The minimum Gasteiger partial charge on any atom is -0.497 e. The van der Waals surface area contributed by atoms with Gasteiger partial charge in [-0.2, -0.15) is 10.4 Å². The Morgan fingerprint density at radius 3 is 2.78 bits per heavy atom. The SMILES string of the molecule is COc1ccc(Cc2nn(CCC#N)c3c2CN(C)CC3)cc1. The van der Waals surface area contributed by atoms with Gasteiger partial charge in [-0.1, -0.05) is 12.1 Å². The molecule has 0 amide bonds. The molecule has 0 unspecified atom stereocenters. The molecule has 1 aromatic carbocycles. The predicted octanol–water partition coefficient (Wildman–Crippen LogP) is 2.38. The smallest absolute Gasteiger partial charge is 0.118 e. The summed E-state index contributed by atoms with van der Waals surface area (Å²) in [5.41, 5.74) is 5.01. The van der Waals surface area contributed by atoms with E-state index in [1.807, 2.05) is 16.8 Å². The number of benzene rings is 1. The van der Waals surface area contributed by atoms with Crippen molar-refractivity contribution < 1.29 is 4.74 Å². The Hall–Kier alpha value is -2.32. The summed E-state index contributed by atoms with van der Waals surface area (Å²) in [6.45, 7) is 2.67. The van der Waals surface area contributed by atoms with Gasteiger partial charge in [-0.3, -0.25) is 4.68 Å². The first kappa shape index (κ1) is 15.6. The molecule has 0 spiro atoms. The van der Waals surface area contributed by atoms with Gasteiger partial charge in [0.15, 0.2) is 0 Å². The van der Waals surface area contributed by atoms with Crippen molar-refractivity contribution in [1.82, 2.24) is 14.7 Å². The molecule has 0 saturated heterocycles. The Morgan fingerprint density at radius 1 is 1.30 bits per heavy atom. The number of rotatable bonds is 5. The van der Waals surface area contributed by atoms with Crippen molar-refractivity contribution in [2.24, 2.45) is 0 Å². The Balaban J connectivity index is 1.88. The molecular formula is C18H22N4O. The van der Waals surface area contributed by atoms with E-state index in [1.165, 1.54) is 16.8 Å². The Morgan fingerprint density at radius 2 is 2.09 bits per heavy atom. The zero-order valence-corrected chi connectivity index (χ0v) is 13.7. The molecule has 2 aromatic rings. The molecule has 1 aromatic heterocycles. The minimum atomic E-state index is 0.506. The maximum absolute atomic E-state index is 8.85. The van der Waals surface area contributed by atoms with Crippen LogP contribution in [0.1, 0.15) is 28.9 Å². The van der Waals surface area contributed by atoms with Crippen molar-refractivity contribution in [3.63, 3.8) is 0 Å². The fraction of sp³-hybridized carbons (Fsp3) is 0.444. The van der Waals surface area contributed by atoms with Crippen LogP contribution in [-0.2, 0) is 25.9 Å². The van der Waals surface area contributed by atoms with Gasteiger partial charge >= 0.3 is 0 Å². The lowest BCUT2D eigenvalue weighted by Gasteiger charge is -2.23. The fourth-order valence-electron chi connectivity index (χ4n) is 3.12. The van der Waals surface area contributed by atoms with Crippen molar-refractivity contribution in [3.05, 3.63) is 46.8 Å². The van der Waals surface area contributed by atoms with Crippen LogP contribution in [0.4, 0.5) is 0 Å². The standard InChI is InChI=1S/C18H22N4O/c1-21-11-8-18-16(13-21)17(20-22(18)10-3-9-19)12-14-4-6-15(23-2)7-5-14/h4-7H,3,8,10-13H2,1-2H3. The van der Waals surface area contributed by atoms with Crippen molar-refractivity contribution in [2.75, 3.05) is 20.7 Å². The van der Waals surface area contributed by atoms with Crippen molar-refractivity contribution in [2.45, 2.75) is 32.4 Å². The molecule has 0 bridgehead atoms. The van der Waals surface area contributed by atoms with E-state index in [-0.39, 0.29) is 0 Å². The van der Waals surface area contributed by atoms with E-state index >= 15 is 0 Å². The summed E-state index contributed by atoms with van der Waals surface area (Å²) in [6, 6.07) is 10.4. The molecular weight excluding hydrogens is 288 g/mol. The minimum absolute atomic E-state index is 0.506. The summed E-state index contributed by atoms with van der Waals surface area (Å²) >= 11 is 0. The summed E-state index contributed by atoms with van der Waals surface area (Å²) in [5.74, 6) is 0.870. The molecule has 0 radical (unpaired) electrons. The summed E-state index contributed by atoms with van der Waals surface area (Å²) in [4.78, 5) is 2.33. The highest BCUT2D eigenvalue weighted by Crippen LogP contribution is 2.24. The van der Waals surface area contributed by atoms with Crippen LogP contribution in [0, 0.1) is 11.3 Å². The highest BCUT2D eigenvalue weighted by atomic mass is 16.5. The molecule has 5 nitrogen and oxygen atoms in total. The van der Waals surface area contributed by atoms with Gasteiger partial charge in [-0.15, -0.1) is 0 Å². The van der Waals surface area contributed by atoms with E-state index in [4.69, 9.17) is 15.1 Å². The van der Waals surface area contributed by atoms with Crippen LogP contribution in [0.3, 0.4) is 0 Å². The van der Waals surface area contributed by atoms with Crippen LogP contribution >= 0.6 is 0 Å². The molecule has 120 valence electrons. The van der Waals surface area contributed by atoms with Gasteiger partial charge in [0.1, 0.15) is 5.75 Å². The van der Waals surface area contributed by atoms with E-state index < -0.39 is 0 Å². The van der Waals surface area contributed by atoms with E-state index in [1.54, 1.807) is 7.11 Å². The van der Waals surface area contributed by atoms with Gasteiger partial charge in [0.2, 0.25) is 0 Å². The third-order valence-electron chi connectivity index (χ3n) is 4.37. The third-order valence-corrected chi connectivity index (χ3v) is 4.37. The highest BCUT2D eigenvalue weighted by Gasteiger charge is 2.23. The van der Waals surface area contributed by atoms with E-state index in [9.17, 15) is 0 Å². The number of hydrogen-bond acceptors (Lipinski definition) is 4. The number of ether oxygens (including phenoxy) is 1. The van der Waals surface area contributed by atoms with Gasteiger partial charge in [0.25, 0.3) is 0 Å². The number of nitrogens with zero attached hydrogens (tertiary/aromatic N) is 4. The third kappa shape index (κ3) is 3.38. The number of nitriles is 1. The first-order valence-electron chi connectivity index (χ1n) is 7.97. The highest BCUT2D eigenvalue weighted by molar-refractivity contribution is 5.35. The maximum atomic E-state index is 8.85. The van der Waals surface area contributed by atoms with Crippen LogP contribution in [0.25, 0.3) is 0 Å². The second kappa shape index (κ2) is 6.84. The van der Waals surface area contributed by atoms with Crippen LogP contribution in [0.2, 0.25) is 0 Å². The monoisotopic (exact) mass is 310 g/mol. The molecule has 0 N–H and O–H groups in total. The largest absolute Gasteiger partial charge is 0.497 e. The van der Waals surface area contributed by atoms with E-state index in [2.05, 4.69) is 30.1 Å². The van der Waals surface area contributed by atoms with E-state index in [0.717, 1.165) is 37.4 Å². The molecule has 23 heavy (non-hydrogen) atoms. The topological polar surface area (TPSA) is 54.1 Å². The molecule has 1 aliphatic rings. The quantitative estimate of drug-likeness (QED) is 0.851. The van der Waals surface area contributed by atoms with Gasteiger partial charge < -0.3 is 9.64 Å². The number of aromatic nitrogens is 2. The maximum Gasteiger partial charge on any atom is 0.118 e. The number of fused-ring (bicyclic) bond motifs is 1. The molecule has 1 aliphatic heterocycles. The number of methoxy groups -OCH3 is 1. The zero-order chi connectivity index (χ0) is 16.2. The lowest BCUT2D eigenvalue weighted by atomic mass is 10.0. The van der Waals surface area contributed by atoms with Crippen LogP contribution in [0.5, 0.6) is 5.75 Å². The zero-order valence-electron chi connectivity index (χ0n) is 13.7. The van der Waals surface area contributed by atoms with Gasteiger partial charge in [0.05, 0.1) is 31.8 Å². The molecule has 0 aliphatic carbocycles. The normalized spacial score (nSPS) is 14.3. The summed E-state index contributed by atoms with van der Waals surface area (Å²) < 4.78 is 7.26. The lowest BCUT2D eigenvalue weighted by molar-refractivity contribution is 0.307. The lowest BCUT2D eigenvalue weighted by Crippen LogP contribution is -2.27. The van der Waals surface area contributed by atoms with Crippen molar-refractivity contribution in [1.29, 1.82) is 5.26 Å². The first-order valence-corrected chi connectivity index (χ1v) is 7.97. The average Bonchev–Trinajstić information content (AvgIpc) is 2.90. The Labute approximate surface area is 137 Å². The van der Waals surface area contributed by atoms with Crippen LogP contribution in [0.15, 0.2) is 24.3 Å². The Kier molecular flexibility index (Phi) is 4.63. The van der Waals surface area contributed by atoms with Gasteiger partial charge in [-0.05, 0) is 24.7 Å². The summed E-state index contributed by atoms with van der Waals surface area (Å²) in [6.07, 6.45) is 2.33. The predicted molar refractivity (Wildman–Crippen MR) is 88.3 cm³/mol. The molecule has 3 rings (SSSR count). The second-order valence-electron chi connectivity index (χ2n) is 6.02. The average molecular weight is 310 g/mol. The molecule has 0 atom stereocenters. The number of aryl methyl sites for hydroxylation is 1. The number of likely N-dealkylation sites (N-methyl/N-ethyl adjacent to an activating group) is 1. The fourth-order valence-corrected chi connectivity index (χ4v) is 3.12. The molecule has 0 saturated carbocycles.